The molecule has 0 bridgehead atoms. The summed E-state index contributed by atoms with van der Waals surface area (Å²) in [5.41, 5.74) is 8.80. The summed E-state index contributed by atoms with van der Waals surface area (Å²) in [5, 5.41) is 12.2. The molecule has 202 valence electrons. The van der Waals surface area contributed by atoms with E-state index in [9.17, 15) is 18.5 Å². The molecule has 3 aromatic rings. The number of imidazole rings is 2. The second kappa shape index (κ2) is 11.8. The summed E-state index contributed by atoms with van der Waals surface area (Å²) in [6.07, 6.45) is 7.39. The van der Waals surface area contributed by atoms with E-state index in [1.807, 2.05) is 23.7 Å². The Labute approximate surface area is 222 Å². The van der Waals surface area contributed by atoms with Gasteiger partial charge in [-0.2, -0.15) is 9.57 Å². The van der Waals surface area contributed by atoms with Crippen molar-refractivity contribution in [2.45, 2.75) is 36.9 Å². The lowest BCUT2D eigenvalue weighted by molar-refractivity contribution is -0.121. The van der Waals surface area contributed by atoms with Crippen LogP contribution in [-0.4, -0.2) is 70.0 Å². The zero-order valence-corrected chi connectivity index (χ0v) is 22.4. The first-order valence-corrected chi connectivity index (χ1v) is 13.9. The first-order chi connectivity index (χ1) is 18.2. The Balaban J connectivity index is 1.67. The maximum atomic E-state index is 13.9. The molecule has 0 fully saturated rings. The number of nitrogens with zero attached hydrogens (tertiary/aromatic N) is 7. The normalized spacial score (nSPS) is 15.3. The number of fused-ring (bicyclic) bond motifs is 1. The van der Waals surface area contributed by atoms with E-state index >= 15 is 0 Å². The van der Waals surface area contributed by atoms with Crippen LogP contribution in [0, 0.1) is 11.3 Å². The summed E-state index contributed by atoms with van der Waals surface area (Å²) in [6, 6.07) is 7.26. The van der Waals surface area contributed by atoms with E-state index in [0.717, 1.165) is 16.9 Å². The van der Waals surface area contributed by atoms with Crippen molar-refractivity contribution in [3.63, 3.8) is 0 Å². The minimum absolute atomic E-state index is 0.0395. The van der Waals surface area contributed by atoms with Gasteiger partial charge in [-0.05, 0) is 36.6 Å². The van der Waals surface area contributed by atoms with Crippen molar-refractivity contribution in [1.29, 1.82) is 5.26 Å². The van der Waals surface area contributed by atoms with E-state index in [-0.39, 0.29) is 23.9 Å². The average Bonchev–Trinajstić information content (AvgIpc) is 3.52. The minimum atomic E-state index is -3.97. The molecule has 1 unspecified atom stereocenters. The van der Waals surface area contributed by atoms with Crippen LogP contribution >= 0.6 is 0 Å². The van der Waals surface area contributed by atoms with Gasteiger partial charge in [0.1, 0.15) is 0 Å². The molecule has 38 heavy (non-hydrogen) atoms. The molecule has 1 atom stereocenters. The van der Waals surface area contributed by atoms with Crippen LogP contribution in [0.25, 0.3) is 0 Å². The smallest absolute Gasteiger partial charge is 0.262 e. The maximum Gasteiger partial charge on any atom is 0.262 e. The lowest BCUT2D eigenvalue weighted by Gasteiger charge is -2.40. The van der Waals surface area contributed by atoms with E-state index in [1.54, 1.807) is 30.2 Å². The number of aryl methyl sites for hydroxylation is 2. The third-order valence-corrected chi connectivity index (χ3v) is 8.45. The Kier molecular flexibility index (Phi) is 8.45. The maximum absolute atomic E-state index is 13.9. The molecular formula is C25H33N9O3S. The van der Waals surface area contributed by atoms with Gasteiger partial charge in [-0.1, -0.05) is 0 Å². The van der Waals surface area contributed by atoms with Crippen LogP contribution < -0.4 is 16.0 Å². The van der Waals surface area contributed by atoms with Crippen LogP contribution in [0.4, 0.5) is 5.69 Å². The van der Waals surface area contributed by atoms with E-state index in [2.05, 4.69) is 26.3 Å². The lowest BCUT2D eigenvalue weighted by atomic mass is 9.95. The zero-order chi connectivity index (χ0) is 27.3. The van der Waals surface area contributed by atoms with E-state index < -0.39 is 16.1 Å². The molecule has 2 aromatic heterocycles. The predicted molar refractivity (Wildman–Crippen MR) is 141 cm³/mol. The average molecular weight is 540 g/mol. The van der Waals surface area contributed by atoms with Crippen molar-refractivity contribution < 1.29 is 13.2 Å². The number of nitriles is 1. The van der Waals surface area contributed by atoms with Crippen LogP contribution in [0.2, 0.25) is 0 Å². The van der Waals surface area contributed by atoms with Crippen LogP contribution in [0.5, 0.6) is 0 Å². The highest BCUT2D eigenvalue weighted by Crippen LogP contribution is 2.33. The molecule has 0 radical (unpaired) electrons. The van der Waals surface area contributed by atoms with Gasteiger partial charge in [-0.15, -0.1) is 0 Å². The molecule has 0 saturated carbocycles. The van der Waals surface area contributed by atoms with Crippen molar-refractivity contribution in [3.05, 3.63) is 60.1 Å². The monoisotopic (exact) mass is 539 g/mol. The fourth-order valence-electron chi connectivity index (χ4n) is 4.71. The molecule has 3 heterocycles. The molecule has 12 nitrogen and oxygen atoms in total. The van der Waals surface area contributed by atoms with Gasteiger partial charge in [-0.25, -0.2) is 18.4 Å². The molecule has 3 N–H and O–H groups in total. The van der Waals surface area contributed by atoms with Gasteiger partial charge in [0.05, 0.1) is 36.5 Å². The summed E-state index contributed by atoms with van der Waals surface area (Å²) in [4.78, 5) is 22.6. The summed E-state index contributed by atoms with van der Waals surface area (Å²) in [7, 11) is -0.336. The van der Waals surface area contributed by atoms with Crippen molar-refractivity contribution >= 4 is 21.6 Å². The topological polar surface area (TPSA) is 155 Å². The largest absolute Gasteiger partial charge is 0.364 e. The molecule has 1 aliphatic heterocycles. The molecule has 13 heteroatoms. The fourth-order valence-corrected chi connectivity index (χ4v) is 6.33. The van der Waals surface area contributed by atoms with E-state index in [0.29, 0.717) is 44.6 Å². The van der Waals surface area contributed by atoms with Crippen LogP contribution in [0.3, 0.4) is 0 Å². The lowest BCUT2D eigenvalue weighted by Crippen LogP contribution is -2.51. The number of aromatic nitrogens is 4. The Morgan fingerprint density at radius 3 is 2.79 bits per heavy atom. The van der Waals surface area contributed by atoms with Gasteiger partial charge in [-0.3, -0.25) is 4.79 Å². The van der Waals surface area contributed by atoms with Crippen LogP contribution in [0.1, 0.15) is 29.7 Å². The second-order valence-corrected chi connectivity index (χ2v) is 11.3. The summed E-state index contributed by atoms with van der Waals surface area (Å²) in [6.45, 7) is 1.80. The number of amides is 1. The molecule has 0 aliphatic carbocycles. The summed E-state index contributed by atoms with van der Waals surface area (Å²) < 4.78 is 32.7. The number of hydrogen-bond donors (Lipinski definition) is 2. The highest BCUT2D eigenvalue weighted by Gasteiger charge is 2.37. The molecular weight excluding hydrogens is 506 g/mol. The number of carbonyl (C=O) groups is 1. The number of sulfonamides is 1. The summed E-state index contributed by atoms with van der Waals surface area (Å²) in [5.74, 6) is -0.170. The van der Waals surface area contributed by atoms with Gasteiger partial charge in [0.25, 0.3) is 10.0 Å². The quantitative estimate of drug-likeness (QED) is 0.357. The van der Waals surface area contributed by atoms with Crippen molar-refractivity contribution in [2.24, 2.45) is 19.8 Å². The Bertz CT molecular complexity index is 1420. The molecule has 1 aromatic carbocycles. The van der Waals surface area contributed by atoms with Crippen LogP contribution in [0.15, 0.2) is 48.3 Å². The molecule has 0 saturated heterocycles. The fraction of sp³-hybridized carbons (Fsp3) is 0.440. The van der Waals surface area contributed by atoms with Crippen molar-refractivity contribution in [1.82, 2.24) is 28.7 Å². The zero-order valence-electron chi connectivity index (χ0n) is 21.6. The number of nitrogens with two attached hydrogens (primary N) is 1. The first-order valence-electron chi connectivity index (χ1n) is 12.4. The van der Waals surface area contributed by atoms with Crippen molar-refractivity contribution in [2.75, 3.05) is 31.1 Å². The van der Waals surface area contributed by atoms with Gasteiger partial charge >= 0.3 is 0 Å². The van der Waals surface area contributed by atoms with Gasteiger partial charge in [0.15, 0.2) is 5.03 Å². The predicted octanol–water partition coefficient (Wildman–Crippen LogP) is 0.503. The number of rotatable bonds is 11. The second-order valence-electron chi connectivity index (χ2n) is 9.42. The molecule has 4 rings (SSSR count). The Morgan fingerprint density at radius 1 is 1.32 bits per heavy atom. The van der Waals surface area contributed by atoms with Gasteiger partial charge < -0.3 is 25.1 Å². The summed E-state index contributed by atoms with van der Waals surface area (Å²) >= 11 is 0. The molecule has 0 spiro atoms. The SMILES string of the molecule is Cn1cnc(S(=O)(=O)N(CCCC(=O)NCCN)C2Cc3cc(C#N)ccc3N(Cc3cncn3C)C2)c1. The standard InChI is InChI=1S/C25H33N9O3S/c1-31-16-25(30-18-31)38(36,37)34(9-3-4-24(35)29-8-7-26)21-11-20-10-19(12-27)5-6-23(20)33(14-21)15-22-13-28-17-32(22)2/h5-6,10,13,16-18,21H,3-4,7-9,11,14-15,26H2,1-2H3,(H,29,35). The number of carbonyl (C=O) groups excluding carboxylic acids is 1. The van der Waals surface area contributed by atoms with Gasteiger partial charge in [0.2, 0.25) is 5.91 Å². The third kappa shape index (κ3) is 6.04. The van der Waals surface area contributed by atoms with E-state index in [4.69, 9.17) is 5.73 Å². The Hall–Kier alpha value is -3.73. The number of benzene rings is 1. The van der Waals surface area contributed by atoms with E-state index in [1.165, 1.54) is 16.8 Å². The number of nitrogens with one attached hydrogen (secondary N) is 1. The molecule has 1 aliphatic rings. The number of hydrogen-bond acceptors (Lipinski definition) is 8. The molecule has 1 amide bonds. The van der Waals surface area contributed by atoms with Crippen LogP contribution in [-0.2, 0) is 41.9 Å². The third-order valence-electron chi connectivity index (χ3n) is 6.62. The first kappa shape index (κ1) is 27.3. The highest BCUT2D eigenvalue weighted by molar-refractivity contribution is 7.89. The highest BCUT2D eigenvalue weighted by atomic mass is 32.2. The van der Waals surface area contributed by atoms with Crippen molar-refractivity contribution in [3.8, 4) is 6.07 Å². The number of anilines is 1. The van der Waals surface area contributed by atoms with Gasteiger partial charge in [0, 0.05) is 70.8 Å². The Morgan fingerprint density at radius 2 is 2.13 bits per heavy atom. The minimum Gasteiger partial charge on any atom is -0.364 e.